The van der Waals surface area contributed by atoms with Gasteiger partial charge in [0, 0.05) is 5.02 Å². The van der Waals surface area contributed by atoms with Gasteiger partial charge >= 0.3 is 5.97 Å². The molecule has 2 atom stereocenters. The molecule has 2 aromatic carbocycles. The maximum atomic E-state index is 13.7. The van der Waals surface area contributed by atoms with E-state index in [0.717, 1.165) is 6.07 Å². The molecule has 1 N–H and O–H groups in total. The van der Waals surface area contributed by atoms with Gasteiger partial charge in [-0.15, -0.1) is 0 Å². The number of ether oxygens (including phenoxy) is 2. The summed E-state index contributed by atoms with van der Waals surface area (Å²) in [6, 6.07) is 8.84. The Balaban J connectivity index is 1.90. The van der Waals surface area contributed by atoms with Gasteiger partial charge in [-0.2, -0.15) is 0 Å². The Kier molecular flexibility index (Phi) is 6.52. The highest BCUT2D eigenvalue weighted by molar-refractivity contribution is 6.30. The zero-order valence-corrected chi connectivity index (χ0v) is 14.7. The molecule has 0 aliphatic rings. The molecule has 138 valence electrons. The molecule has 2 aromatic rings. The molecule has 0 saturated heterocycles. The van der Waals surface area contributed by atoms with Crippen LogP contribution in [0.1, 0.15) is 13.8 Å². The molecule has 0 bridgehead atoms. The van der Waals surface area contributed by atoms with E-state index >= 15 is 0 Å². The second-order valence-electron chi connectivity index (χ2n) is 5.41. The quantitative estimate of drug-likeness (QED) is 0.767. The van der Waals surface area contributed by atoms with Crippen molar-refractivity contribution in [1.82, 2.24) is 0 Å². The van der Waals surface area contributed by atoms with E-state index in [9.17, 15) is 18.4 Å². The standard InChI is InChI=1S/C18H16ClF2NO4/c1-10(17(23)22-16-8-3-12(19)9-15(16)21)26-18(24)11(2)25-14-6-4-13(20)5-7-14/h3-11H,1-2H3,(H,22,23)/t10-,11+/m0/s1. The van der Waals surface area contributed by atoms with Crippen LogP contribution in [0.3, 0.4) is 0 Å². The predicted molar refractivity (Wildman–Crippen MR) is 92.1 cm³/mol. The van der Waals surface area contributed by atoms with Crippen LogP contribution in [0.25, 0.3) is 0 Å². The summed E-state index contributed by atoms with van der Waals surface area (Å²) in [7, 11) is 0. The second-order valence-corrected chi connectivity index (χ2v) is 5.84. The number of benzene rings is 2. The van der Waals surface area contributed by atoms with Crippen molar-refractivity contribution in [2.75, 3.05) is 5.32 Å². The fourth-order valence-corrected chi connectivity index (χ4v) is 2.07. The third kappa shape index (κ3) is 5.42. The molecule has 0 saturated carbocycles. The highest BCUT2D eigenvalue weighted by Gasteiger charge is 2.24. The van der Waals surface area contributed by atoms with E-state index in [0.29, 0.717) is 0 Å². The Labute approximate surface area is 153 Å². The summed E-state index contributed by atoms with van der Waals surface area (Å²) in [4.78, 5) is 24.0. The van der Waals surface area contributed by atoms with Crippen LogP contribution in [0.2, 0.25) is 5.02 Å². The van der Waals surface area contributed by atoms with Crippen LogP contribution in [0.4, 0.5) is 14.5 Å². The van der Waals surface area contributed by atoms with Crippen molar-refractivity contribution in [3.05, 3.63) is 59.1 Å². The number of carbonyl (C=O) groups is 2. The first-order chi connectivity index (χ1) is 12.3. The summed E-state index contributed by atoms with van der Waals surface area (Å²) in [5.41, 5.74) is -0.0853. The van der Waals surface area contributed by atoms with Crippen molar-refractivity contribution in [2.45, 2.75) is 26.1 Å². The zero-order valence-electron chi connectivity index (χ0n) is 14.0. The lowest BCUT2D eigenvalue weighted by Crippen LogP contribution is -2.35. The van der Waals surface area contributed by atoms with Crippen LogP contribution in [0.15, 0.2) is 42.5 Å². The van der Waals surface area contributed by atoms with Gasteiger partial charge in [-0.05, 0) is 56.3 Å². The maximum absolute atomic E-state index is 13.7. The number of amides is 1. The van der Waals surface area contributed by atoms with Gasteiger partial charge in [-0.3, -0.25) is 4.79 Å². The average Bonchev–Trinajstić information content (AvgIpc) is 2.59. The maximum Gasteiger partial charge on any atom is 0.347 e. The van der Waals surface area contributed by atoms with Crippen LogP contribution < -0.4 is 10.1 Å². The Hall–Kier alpha value is -2.67. The first-order valence-corrected chi connectivity index (χ1v) is 8.02. The lowest BCUT2D eigenvalue weighted by atomic mass is 10.3. The Bertz CT molecular complexity index is 798. The average molecular weight is 384 g/mol. The summed E-state index contributed by atoms with van der Waals surface area (Å²) in [6.07, 6.45) is -2.21. The number of anilines is 1. The van der Waals surface area contributed by atoms with Crippen molar-refractivity contribution in [2.24, 2.45) is 0 Å². The van der Waals surface area contributed by atoms with Gasteiger partial charge in [0.1, 0.15) is 17.4 Å². The van der Waals surface area contributed by atoms with Crippen LogP contribution in [0.5, 0.6) is 5.75 Å². The summed E-state index contributed by atoms with van der Waals surface area (Å²) in [5.74, 6) is -2.39. The van der Waals surface area contributed by atoms with E-state index < -0.39 is 35.7 Å². The minimum Gasteiger partial charge on any atom is -0.479 e. The topological polar surface area (TPSA) is 64.6 Å². The van der Waals surface area contributed by atoms with Crippen LogP contribution in [0, 0.1) is 11.6 Å². The Morgan fingerprint density at radius 2 is 1.69 bits per heavy atom. The molecule has 0 aliphatic heterocycles. The molecule has 0 radical (unpaired) electrons. The lowest BCUT2D eigenvalue weighted by molar-refractivity contribution is -0.159. The van der Waals surface area contributed by atoms with E-state index in [4.69, 9.17) is 21.1 Å². The molecular weight excluding hydrogens is 368 g/mol. The normalized spacial score (nSPS) is 12.8. The highest BCUT2D eigenvalue weighted by Crippen LogP contribution is 2.19. The van der Waals surface area contributed by atoms with Gasteiger partial charge in [0.05, 0.1) is 5.69 Å². The van der Waals surface area contributed by atoms with Gasteiger partial charge in [-0.1, -0.05) is 11.6 Å². The van der Waals surface area contributed by atoms with Gasteiger partial charge < -0.3 is 14.8 Å². The van der Waals surface area contributed by atoms with Gasteiger partial charge in [0.15, 0.2) is 12.2 Å². The van der Waals surface area contributed by atoms with Crippen LogP contribution >= 0.6 is 11.6 Å². The molecule has 5 nitrogen and oxygen atoms in total. The SMILES string of the molecule is C[C@H](OC(=O)[C@@H](C)Oc1ccc(F)cc1)C(=O)Nc1ccc(Cl)cc1F. The monoisotopic (exact) mass is 383 g/mol. The summed E-state index contributed by atoms with van der Waals surface area (Å²) < 4.78 is 36.9. The number of carbonyl (C=O) groups excluding carboxylic acids is 2. The van der Waals surface area contributed by atoms with Crippen molar-refractivity contribution in [3.8, 4) is 5.75 Å². The van der Waals surface area contributed by atoms with E-state index in [1.54, 1.807) is 0 Å². The largest absolute Gasteiger partial charge is 0.479 e. The van der Waals surface area contributed by atoms with Crippen molar-refractivity contribution >= 4 is 29.2 Å². The predicted octanol–water partition coefficient (Wildman–Crippen LogP) is 3.96. The van der Waals surface area contributed by atoms with Crippen molar-refractivity contribution in [1.29, 1.82) is 0 Å². The minimum absolute atomic E-state index is 0.0853. The van der Waals surface area contributed by atoms with Crippen LogP contribution in [-0.4, -0.2) is 24.1 Å². The lowest BCUT2D eigenvalue weighted by Gasteiger charge is -2.18. The molecule has 0 spiro atoms. The number of hydrogen-bond acceptors (Lipinski definition) is 4. The van der Waals surface area contributed by atoms with Crippen molar-refractivity contribution < 1.29 is 27.8 Å². The fraction of sp³-hybridized carbons (Fsp3) is 0.222. The first kappa shape index (κ1) is 19.7. The first-order valence-electron chi connectivity index (χ1n) is 7.65. The van der Waals surface area contributed by atoms with E-state index in [1.807, 2.05) is 0 Å². The number of esters is 1. The Morgan fingerprint density at radius 3 is 2.31 bits per heavy atom. The molecular formula is C18H16ClF2NO4. The second kappa shape index (κ2) is 8.62. The molecule has 26 heavy (non-hydrogen) atoms. The zero-order chi connectivity index (χ0) is 19.3. The summed E-state index contributed by atoms with van der Waals surface area (Å²) in [6.45, 7) is 2.76. The van der Waals surface area contributed by atoms with Gasteiger partial charge in [0.2, 0.25) is 0 Å². The van der Waals surface area contributed by atoms with E-state index in [-0.39, 0.29) is 16.5 Å². The fourth-order valence-electron chi connectivity index (χ4n) is 1.91. The molecule has 0 aliphatic carbocycles. The molecule has 0 aromatic heterocycles. The molecule has 0 heterocycles. The number of halogens is 3. The summed E-state index contributed by atoms with van der Waals surface area (Å²) >= 11 is 5.64. The molecule has 2 rings (SSSR count). The van der Waals surface area contributed by atoms with E-state index in [1.165, 1.54) is 50.2 Å². The number of nitrogens with one attached hydrogen (secondary N) is 1. The van der Waals surface area contributed by atoms with E-state index in [2.05, 4.69) is 5.32 Å². The van der Waals surface area contributed by atoms with Gasteiger partial charge in [-0.25, -0.2) is 13.6 Å². The molecule has 0 fully saturated rings. The third-order valence-electron chi connectivity index (χ3n) is 3.31. The van der Waals surface area contributed by atoms with Crippen LogP contribution in [-0.2, 0) is 14.3 Å². The Morgan fingerprint density at radius 1 is 1.04 bits per heavy atom. The summed E-state index contributed by atoms with van der Waals surface area (Å²) in [5, 5.41) is 2.49. The molecule has 0 unspecified atom stereocenters. The molecule has 1 amide bonds. The molecule has 8 heteroatoms. The highest BCUT2D eigenvalue weighted by atomic mass is 35.5. The number of hydrogen-bond donors (Lipinski definition) is 1. The van der Waals surface area contributed by atoms with Gasteiger partial charge in [0.25, 0.3) is 5.91 Å². The van der Waals surface area contributed by atoms with Crippen molar-refractivity contribution in [3.63, 3.8) is 0 Å². The smallest absolute Gasteiger partial charge is 0.347 e. The number of rotatable bonds is 6. The third-order valence-corrected chi connectivity index (χ3v) is 3.54. The minimum atomic E-state index is -1.18.